The number of nitrogens with zero attached hydrogens (tertiary/aromatic N) is 3. The fourth-order valence-corrected chi connectivity index (χ4v) is 3.52. The van der Waals surface area contributed by atoms with E-state index in [0.717, 1.165) is 23.1 Å². The van der Waals surface area contributed by atoms with Crippen molar-refractivity contribution >= 4 is 22.5 Å². The van der Waals surface area contributed by atoms with Gasteiger partial charge in [0, 0.05) is 12.1 Å². The zero-order valence-corrected chi connectivity index (χ0v) is 14.2. The maximum Gasteiger partial charge on any atom is 0.195 e. The number of fused-ring (bicyclic) bond motifs is 1. The summed E-state index contributed by atoms with van der Waals surface area (Å²) in [6.45, 7) is 0. The summed E-state index contributed by atoms with van der Waals surface area (Å²) in [6.07, 6.45) is 2.79. The van der Waals surface area contributed by atoms with Crippen LogP contribution in [0.3, 0.4) is 0 Å². The van der Waals surface area contributed by atoms with Crippen LogP contribution in [0.25, 0.3) is 16.5 Å². The Bertz CT molecular complexity index is 971. The van der Waals surface area contributed by atoms with Crippen LogP contribution in [-0.2, 0) is 6.42 Å². The Kier molecular flexibility index (Phi) is 4.05. The summed E-state index contributed by atoms with van der Waals surface area (Å²) in [6, 6.07) is 25.2. The molecule has 0 aliphatic heterocycles. The lowest BCUT2D eigenvalue weighted by Gasteiger charge is -2.10. The smallest absolute Gasteiger partial charge is 0.195 e. The molecule has 1 aromatic heterocycles. The Hall–Kier alpha value is -2.59. The van der Waals surface area contributed by atoms with Crippen molar-refractivity contribution in [3.05, 3.63) is 84.2 Å². The lowest BCUT2D eigenvalue weighted by Crippen LogP contribution is -2.03. The summed E-state index contributed by atoms with van der Waals surface area (Å²) in [4.78, 5) is 0. The molecule has 0 atom stereocenters. The first-order valence-electron chi connectivity index (χ1n) is 7.87. The number of aromatic nitrogens is 3. The molecular weight excluding hydrogens is 314 g/mol. The maximum atomic E-state index is 4.46. The number of rotatable bonds is 4. The third kappa shape index (κ3) is 2.69. The summed E-state index contributed by atoms with van der Waals surface area (Å²) < 4.78 is 2.15. The average molecular weight is 331 g/mol. The standard InChI is InChI=1S/C20H17N3S/c1-24-20-22-21-19(23(20)17-11-3-2-4-12-17)14-16-10-7-9-15-8-5-6-13-18(15)16/h2-13H,14H2,1H3. The Morgan fingerprint density at radius 1 is 0.833 bits per heavy atom. The van der Waals surface area contributed by atoms with Gasteiger partial charge in [0.25, 0.3) is 0 Å². The first-order valence-corrected chi connectivity index (χ1v) is 9.09. The van der Waals surface area contributed by atoms with Crippen molar-refractivity contribution in [1.29, 1.82) is 0 Å². The van der Waals surface area contributed by atoms with Crippen molar-refractivity contribution in [1.82, 2.24) is 14.8 Å². The first-order chi connectivity index (χ1) is 11.9. The summed E-state index contributed by atoms with van der Waals surface area (Å²) in [5.74, 6) is 0.960. The average Bonchev–Trinajstić information content (AvgIpc) is 3.05. The van der Waals surface area contributed by atoms with Crippen LogP contribution in [0, 0.1) is 0 Å². The van der Waals surface area contributed by atoms with Crippen molar-refractivity contribution < 1.29 is 0 Å². The predicted octanol–water partition coefficient (Wildman–Crippen LogP) is 4.73. The SMILES string of the molecule is CSc1nnc(Cc2cccc3ccccc23)n1-c1ccccc1. The molecule has 0 aliphatic rings. The molecule has 0 aliphatic carbocycles. The summed E-state index contributed by atoms with van der Waals surface area (Å²) in [5.41, 5.74) is 2.37. The highest BCUT2D eigenvalue weighted by molar-refractivity contribution is 7.98. The predicted molar refractivity (Wildman–Crippen MR) is 99.9 cm³/mol. The molecule has 0 saturated heterocycles. The minimum Gasteiger partial charge on any atom is -0.274 e. The van der Waals surface area contributed by atoms with Crippen LogP contribution in [0.4, 0.5) is 0 Å². The van der Waals surface area contributed by atoms with Gasteiger partial charge in [-0.05, 0) is 34.7 Å². The van der Waals surface area contributed by atoms with Crippen LogP contribution >= 0.6 is 11.8 Å². The molecule has 0 radical (unpaired) electrons. The summed E-state index contributed by atoms with van der Waals surface area (Å²) in [7, 11) is 0. The Labute approximate surface area is 145 Å². The van der Waals surface area contributed by atoms with Crippen LogP contribution < -0.4 is 0 Å². The van der Waals surface area contributed by atoms with Crippen molar-refractivity contribution in [2.45, 2.75) is 11.6 Å². The molecule has 3 aromatic carbocycles. The van der Waals surface area contributed by atoms with Crippen molar-refractivity contribution in [3.63, 3.8) is 0 Å². The number of benzene rings is 3. The van der Waals surface area contributed by atoms with Gasteiger partial charge in [0.15, 0.2) is 5.16 Å². The molecule has 0 saturated carbocycles. The Balaban J connectivity index is 1.82. The lowest BCUT2D eigenvalue weighted by atomic mass is 10.0. The van der Waals surface area contributed by atoms with Gasteiger partial charge < -0.3 is 0 Å². The topological polar surface area (TPSA) is 30.7 Å². The zero-order valence-electron chi connectivity index (χ0n) is 13.4. The van der Waals surface area contributed by atoms with Crippen molar-refractivity contribution in [2.75, 3.05) is 6.26 Å². The van der Waals surface area contributed by atoms with Gasteiger partial charge in [-0.15, -0.1) is 10.2 Å². The van der Waals surface area contributed by atoms with Crippen LogP contribution in [-0.4, -0.2) is 21.0 Å². The molecule has 4 aromatic rings. The van der Waals surface area contributed by atoms with Crippen molar-refractivity contribution in [3.8, 4) is 5.69 Å². The van der Waals surface area contributed by atoms with E-state index < -0.39 is 0 Å². The van der Waals surface area contributed by atoms with E-state index >= 15 is 0 Å². The van der Waals surface area contributed by atoms with Gasteiger partial charge in [0.1, 0.15) is 5.82 Å². The third-order valence-corrected chi connectivity index (χ3v) is 4.76. The molecule has 0 amide bonds. The second-order valence-corrected chi connectivity index (χ2v) is 6.36. The number of hydrogen-bond donors (Lipinski definition) is 0. The summed E-state index contributed by atoms with van der Waals surface area (Å²) >= 11 is 1.61. The van der Waals surface area contributed by atoms with E-state index in [1.807, 2.05) is 24.5 Å². The Morgan fingerprint density at radius 2 is 1.58 bits per heavy atom. The van der Waals surface area contributed by atoms with E-state index in [0.29, 0.717) is 0 Å². The number of para-hydroxylation sites is 1. The van der Waals surface area contributed by atoms with Gasteiger partial charge in [0.2, 0.25) is 0 Å². The van der Waals surface area contributed by atoms with Crippen LogP contribution in [0.15, 0.2) is 78.0 Å². The highest BCUT2D eigenvalue weighted by atomic mass is 32.2. The quantitative estimate of drug-likeness (QED) is 0.506. The van der Waals surface area contributed by atoms with E-state index in [1.54, 1.807) is 11.8 Å². The second-order valence-electron chi connectivity index (χ2n) is 5.59. The van der Waals surface area contributed by atoms with Crippen LogP contribution in [0.1, 0.15) is 11.4 Å². The minimum absolute atomic E-state index is 0.754. The second kappa shape index (κ2) is 6.49. The van der Waals surface area contributed by atoms with E-state index in [9.17, 15) is 0 Å². The summed E-state index contributed by atoms with van der Waals surface area (Å²) in [5, 5.41) is 12.3. The fourth-order valence-electron chi connectivity index (χ4n) is 3.00. The van der Waals surface area contributed by atoms with Gasteiger partial charge in [0.05, 0.1) is 0 Å². The van der Waals surface area contributed by atoms with Gasteiger partial charge >= 0.3 is 0 Å². The van der Waals surface area contributed by atoms with E-state index in [-0.39, 0.29) is 0 Å². The first kappa shape index (κ1) is 15.0. The monoisotopic (exact) mass is 331 g/mol. The van der Waals surface area contributed by atoms with Gasteiger partial charge in [-0.1, -0.05) is 72.4 Å². The van der Waals surface area contributed by atoms with Crippen LogP contribution in [0.5, 0.6) is 0 Å². The maximum absolute atomic E-state index is 4.46. The number of thioether (sulfide) groups is 1. The normalized spacial score (nSPS) is 11.0. The Morgan fingerprint density at radius 3 is 2.42 bits per heavy atom. The van der Waals surface area contributed by atoms with Gasteiger partial charge in [-0.3, -0.25) is 4.57 Å². The van der Waals surface area contributed by atoms with Crippen molar-refractivity contribution in [2.24, 2.45) is 0 Å². The molecule has 0 N–H and O–H groups in total. The van der Waals surface area contributed by atoms with E-state index in [2.05, 4.69) is 69.4 Å². The molecule has 3 nitrogen and oxygen atoms in total. The highest BCUT2D eigenvalue weighted by Crippen LogP contribution is 2.25. The molecule has 4 heteroatoms. The highest BCUT2D eigenvalue weighted by Gasteiger charge is 2.14. The molecule has 0 bridgehead atoms. The largest absolute Gasteiger partial charge is 0.274 e. The minimum atomic E-state index is 0.754. The number of hydrogen-bond acceptors (Lipinski definition) is 3. The van der Waals surface area contributed by atoms with E-state index in [1.165, 1.54) is 16.3 Å². The third-order valence-electron chi connectivity index (χ3n) is 4.13. The molecule has 118 valence electrons. The van der Waals surface area contributed by atoms with Gasteiger partial charge in [-0.25, -0.2) is 0 Å². The fraction of sp³-hybridized carbons (Fsp3) is 0.100. The molecule has 0 spiro atoms. The molecule has 4 rings (SSSR count). The van der Waals surface area contributed by atoms with Gasteiger partial charge in [-0.2, -0.15) is 0 Å². The lowest BCUT2D eigenvalue weighted by molar-refractivity contribution is 0.851. The molecule has 0 fully saturated rings. The van der Waals surface area contributed by atoms with Crippen LogP contribution in [0.2, 0.25) is 0 Å². The zero-order chi connectivity index (χ0) is 16.4. The van der Waals surface area contributed by atoms with E-state index in [4.69, 9.17) is 0 Å². The molecular formula is C20H17N3S. The molecule has 1 heterocycles. The molecule has 0 unspecified atom stereocenters. The molecule has 24 heavy (non-hydrogen) atoms.